The summed E-state index contributed by atoms with van der Waals surface area (Å²) in [6.45, 7) is 11.0. The molecule has 0 bridgehead atoms. The van der Waals surface area contributed by atoms with E-state index in [0.29, 0.717) is 33.0 Å². The molecule has 0 aliphatic heterocycles. The highest BCUT2D eigenvalue weighted by Gasteiger charge is 2.15. The average molecular weight is 707 g/mol. The Hall–Kier alpha value is -1.37. The van der Waals surface area contributed by atoms with Crippen molar-refractivity contribution < 1.29 is 19.0 Å². The number of amides is 1. The van der Waals surface area contributed by atoms with Crippen LogP contribution in [0.5, 0.6) is 0 Å². The number of ether oxygens (including phenoxy) is 3. The standard InChI is InChI=1S/C44H86N2O4/c1-4-7-9-11-13-15-17-19-21-23-25-27-29-31-33-35-39-48-41-43(50-44(47)46-38-37-45-6-3)42-49-40-36-34-32-30-28-26-24-22-20-18-16-14-12-10-8-5-2/h19-22,43,45H,4-18,23-42H2,1-3H3,(H,46,47). The van der Waals surface area contributed by atoms with E-state index in [1.54, 1.807) is 0 Å². The number of likely N-dealkylation sites (N-methyl/N-ethyl adjacent to an activating group) is 1. The van der Waals surface area contributed by atoms with E-state index in [2.05, 4.69) is 55.7 Å². The summed E-state index contributed by atoms with van der Waals surface area (Å²) in [6, 6.07) is 0. The highest BCUT2D eigenvalue weighted by molar-refractivity contribution is 5.67. The lowest BCUT2D eigenvalue weighted by atomic mass is 10.1. The van der Waals surface area contributed by atoms with Crippen LogP contribution in [0.25, 0.3) is 0 Å². The summed E-state index contributed by atoms with van der Waals surface area (Å²) in [7, 11) is 0. The van der Waals surface area contributed by atoms with Crippen molar-refractivity contribution in [2.45, 2.75) is 207 Å². The van der Waals surface area contributed by atoms with Crippen molar-refractivity contribution in [1.29, 1.82) is 0 Å². The molecule has 0 aliphatic carbocycles. The fraction of sp³-hybridized carbons (Fsp3) is 0.886. The molecule has 2 N–H and O–H groups in total. The second kappa shape index (κ2) is 43.8. The van der Waals surface area contributed by atoms with E-state index in [1.807, 2.05) is 0 Å². The lowest BCUT2D eigenvalue weighted by molar-refractivity contribution is -0.0291. The first-order valence-corrected chi connectivity index (χ1v) is 21.8. The average Bonchev–Trinajstić information content (AvgIpc) is 3.12. The van der Waals surface area contributed by atoms with Crippen molar-refractivity contribution in [2.75, 3.05) is 46.1 Å². The molecule has 0 saturated carbocycles. The van der Waals surface area contributed by atoms with Gasteiger partial charge in [-0.15, -0.1) is 0 Å². The summed E-state index contributed by atoms with van der Waals surface area (Å²) in [5.41, 5.74) is 0. The van der Waals surface area contributed by atoms with Gasteiger partial charge in [-0.05, 0) is 70.8 Å². The van der Waals surface area contributed by atoms with E-state index < -0.39 is 6.09 Å². The first-order valence-electron chi connectivity index (χ1n) is 21.8. The molecule has 0 unspecified atom stereocenters. The Balaban J connectivity index is 3.88. The van der Waals surface area contributed by atoms with Crippen LogP contribution in [-0.2, 0) is 14.2 Å². The van der Waals surface area contributed by atoms with Gasteiger partial charge in [-0.25, -0.2) is 4.79 Å². The van der Waals surface area contributed by atoms with Crippen LogP contribution >= 0.6 is 0 Å². The van der Waals surface area contributed by atoms with Crippen molar-refractivity contribution in [3.63, 3.8) is 0 Å². The number of hydrogen-bond acceptors (Lipinski definition) is 5. The van der Waals surface area contributed by atoms with Gasteiger partial charge in [-0.2, -0.15) is 0 Å². The van der Waals surface area contributed by atoms with Gasteiger partial charge in [0, 0.05) is 26.3 Å². The zero-order valence-electron chi connectivity index (χ0n) is 33.8. The van der Waals surface area contributed by atoms with Gasteiger partial charge in [0.05, 0.1) is 13.2 Å². The Morgan fingerprint density at radius 3 is 1.22 bits per heavy atom. The molecule has 0 atom stereocenters. The minimum atomic E-state index is -0.394. The Kier molecular flexibility index (Phi) is 42.6. The molecule has 0 saturated heterocycles. The second-order valence-corrected chi connectivity index (χ2v) is 14.3. The normalized spacial score (nSPS) is 12.4. The third-order valence-electron chi connectivity index (χ3n) is 9.30. The van der Waals surface area contributed by atoms with Crippen LogP contribution in [0.3, 0.4) is 0 Å². The van der Waals surface area contributed by atoms with Crippen molar-refractivity contribution in [2.24, 2.45) is 0 Å². The molecule has 0 rings (SSSR count). The second-order valence-electron chi connectivity index (χ2n) is 14.3. The van der Waals surface area contributed by atoms with E-state index >= 15 is 0 Å². The van der Waals surface area contributed by atoms with Gasteiger partial charge in [0.2, 0.25) is 0 Å². The van der Waals surface area contributed by atoms with Gasteiger partial charge < -0.3 is 24.8 Å². The minimum Gasteiger partial charge on any atom is -0.441 e. The van der Waals surface area contributed by atoms with Crippen molar-refractivity contribution in [3.05, 3.63) is 24.3 Å². The van der Waals surface area contributed by atoms with E-state index in [9.17, 15) is 4.79 Å². The highest BCUT2D eigenvalue weighted by atomic mass is 16.6. The third-order valence-corrected chi connectivity index (χ3v) is 9.30. The van der Waals surface area contributed by atoms with Gasteiger partial charge in [0.1, 0.15) is 0 Å². The van der Waals surface area contributed by atoms with E-state index in [0.717, 1.165) is 25.9 Å². The Morgan fingerprint density at radius 2 is 0.840 bits per heavy atom. The molecule has 296 valence electrons. The minimum absolute atomic E-state index is 0.377. The van der Waals surface area contributed by atoms with Gasteiger partial charge >= 0.3 is 6.09 Å². The van der Waals surface area contributed by atoms with Crippen molar-refractivity contribution in [3.8, 4) is 0 Å². The zero-order chi connectivity index (χ0) is 36.3. The molecule has 1 amide bonds. The molecule has 50 heavy (non-hydrogen) atoms. The van der Waals surface area contributed by atoms with E-state index in [4.69, 9.17) is 14.2 Å². The largest absolute Gasteiger partial charge is 0.441 e. The number of rotatable bonds is 41. The zero-order valence-corrected chi connectivity index (χ0v) is 33.8. The molecule has 0 radical (unpaired) electrons. The number of nitrogens with one attached hydrogen (secondary N) is 2. The Morgan fingerprint density at radius 1 is 0.480 bits per heavy atom. The summed E-state index contributed by atoms with van der Waals surface area (Å²) < 4.78 is 17.5. The summed E-state index contributed by atoms with van der Waals surface area (Å²) in [4.78, 5) is 12.3. The quantitative estimate of drug-likeness (QED) is 0.0489. The van der Waals surface area contributed by atoms with Crippen LogP contribution in [0.1, 0.15) is 201 Å². The van der Waals surface area contributed by atoms with Crippen LogP contribution in [0.15, 0.2) is 24.3 Å². The fourth-order valence-corrected chi connectivity index (χ4v) is 6.07. The lowest BCUT2D eigenvalue weighted by Crippen LogP contribution is -2.37. The summed E-state index contributed by atoms with van der Waals surface area (Å²) in [5.74, 6) is 0. The van der Waals surface area contributed by atoms with E-state index in [-0.39, 0.29) is 6.10 Å². The SMILES string of the molecule is CCCCCCCCC=CCCCCCCCCOCC(COCCCCCCCCC=CCCCCCCCC)OC(=O)NCCNCC. The first-order chi connectivity index (χ1) is 24.7. The lowest BCUT2D eigenvalue weighted by Gasteiger charge is -2.19. The van der Waals surface area contributed by atoms with Crippen LogP contribution < -0.4 is 10.6 Å². The Labute approximate surface area is 312 Å². The maximum atomic E-state index is 12.3. The number of alkyl carbamates (subject to hydrolysis) is 1. The van der Waals surface area contributed by atoms with Gasteiger partial charge in [0.25, 0.3) is 0 Å². The molecule has 6 nitrogen and oxygen atoms in total. The van der Waals surface area contributed by atoms with Crippen LogP contribution in [0, 0.1) is 0 Å². The number of hydrogen-bond donors (Lipinski definition) is 2. The molecule has 0 aromatic carbocycles. The number of carbonyl (C=O) groups excluding carboxylic acids is 1. The molecule has 0 spiro atoms. The van der Waals surface area contributed by atoms with E-state index in [1.165, 1.54) is 167 Å². The van der Waals surface area contributed by atoms with Crippen molar-refractivity contribution >= 4 is 6.09 Å². The summed E-state index contributed by atoms with van der Waals surface area (Å²) in [6.07, 6.45) is 45.2. The van der Waals surface area contributed by atoms with Crippen LogP contribution in [0.4, 0.5) is 4.79 Å². The highest BCUT2D eigenvalue weighted by Crippen LogP contribution is 2.12. The number of unbranched alkanes of at least 4 members (excludes halogenated alkanes) is 24. The summed E-state index contributed by atoms with van der Waals surface area (Å²) in [5, 5.41) is 6.03. The molecular weight excluding hydrogens is 620 g/mol. The molecule has 0 aromatic rings. The molecule has 0 aromatic heterocycles. The smallest absolute Gasteiger partial charge is 0.407 e. The maximum Gasteiger partial charge on any atom is 0.407 e. The molecule has 6 heteroatoms. The molecular formula is C44H86N2O4. The number of carbonyl (C=O) groups is 1. The first kappa shape index (κ1) is 48.6. The monoisotopic (exact) mass is 707 g/mol. The predicted molar refractivity (Wildman–Crippen MR) is 217 cm³/mol. The molecule has 0 fully saturated rings. The van der Waals surface area contributed by atoms with Crippen LogP contribution in [-0.4, -0.2) is 58.3 Å². The van der Waals surface area contributed by atoms with Gasteiger partial charge in [-0.1, -0.05) is 161 Å². The maximum absolute atomic E-state index is 12.3. The topological polar surface area (TPSA) is 68.8 Å². The Bertz CT molecular complexity index is 668. The molecule has 0 heterocycles. The fourth-order valence-electron chi connectivity index (χ4n) is 6.07. The summed E-state index contributed by atoms with van der Waals surface area (Å²) >= 11 is 0. The van der Waals surface area contributed by atoms with Gasteiger partial charge in [-0.3, -0.25) is 0 Å². The van der Waals surface area contributed by atoms with Gasteiger partial charge in [0.15, 0.2) is 6.10 Å². The van der Waals surface area contributed by atoms with Crippen molar-refractivity contribution in [1.82, 2.24) is 10.6 Å². The third kappa shape index (κ3) is 41.1. The van der Waals surface area contributed by atoms with Crippen LogP contribution in [0.2, 0.25) is 0 Å². The molecule has 0 aliphatic rings. The number of allylic oxidation sites excluding steroid dienone is 4. The predicted octanol–water partition coefficient (Wildman–Crippen LogP) is 12.8.